The molecule has 2 aromatic carbocycles. The monoisotopic (exact) mass is 395 g/mol. The van der Waals surface area contributed by atoms with E-state index in [4.69, 9.17) is 5.11 Å². The second-order valence-corrected chi connectivity index (χ2v) is 8.27. The minimum atomic E-state index is -0.811. The van der Waals surface area contributed by atoms with Gasteiger partial charge in [-0.05, 0) is 47.6 Å². The van der Waals surface area contributed by atoms with Crippen molar-refractivity contribution in [2.24, 2.45) is 0 Å². The molecular formula is C24H33N3O2. The number of nitrogens with zero attached hydrogens (tertiary/aromatic N) is 2. The van der Waals surface area contributed by atoms with E-state index in [-0.39, 0.29) is 0 Å². The van der Waals surface area contributed by atoms with E-state index in [9.17, 15) is 4.79 Å². The fraction of sp³-hybridized carbons (Fsp3) is 0.458. The van der Waals surface area contributed by atoms with Gasteiger partial charge in [-0.25, -0.2) is 4.79 Å². The standard InChI is InChI=1S/C24H33N3O2/c1-18(2)22-8-9-23(19(3)16-22)25-11-10-20-4-6-21(7-5-20)17-26-12-14-27(15-13-26)24(28)29/h4-9,16,18,25H,10-15,17H2,1-3H3,(H,28,29). The Morgan fingerprint density at radius 1 is 1.03 bits per heavy atom. The second kappa shape index (κ2) is 9.79. The molecule has 0 bridgehead atoms. The number of aryl methyl sites for hydroxylation is 1. The van der Waals surface area contributed by atoms with E-state index in [0.717, 1.165) is 32.6 Å². The van der Waals surface area contributed by atoms with Gasteiger partial charge < -0.3 is 15.3 Å². The molecule has 5 heteroatoms. The van der Waals surface area contributed by atoms with Crippen LogP contribution in [0.1, 0.15) is 42.0 Å². The Balaban J connectivity index is 1.44. The number of carbonyl (C=O) groups is 1. The molecule has 29 heavy (non-hydrogen) atoms. The van der Waals surface area contributed by atoms with E-state index in [1.807, 2.05) is 0 Å². The quantitative estimate of drug-likeness (QED) is 0.721. The summed E-state index contributed by atoms with van der Waals surface area (Å²) in [5, 5.41) is 12.6. The SMILES string of the molecule is Cc1cc(C(C)C)ccc1NCCc1ccc(CN2CCN(C(=O)O)CC2)cc1. The van der Waals surface area contributed by atoms with Crippen molar-refractivity contribution in [2.45, 2.75) is 39.7 Å². The molecule has 0 aromatic heterocycles. The molecule has 0 atom stereocenters. The topological polar surface area (TPSA) is 55.8 Å². The molecule has 2 N–H and O–H groups in total. The summed E-state index contributed by atoms with van der Waals surface area (Å²) in [5.41, 5.74) is 6.51. The Morgan fingerprint density at radius 3 is 2.28 bits per heavy atom. The summed E-state index contributed by atoms with van der Waals surface area (Å²) in [6, 6.07) is 15.5. The van der Waals surface area contributed by atoms with Gasteiger partial charge in [-0.1, -0.05) is 50.2 Å². The van der Waals surface area contributed by atoms with E-state index in [2.05, 4.69) is 73.5 Å². The zero-order valence-corrected chi connectivity index (χ0v) is 17.8. The molecule has 0 saturated carbocycles. The third-order valence-corrected chi connectivity index (χ3v) is 5.72. The molecule has 2 aromatic rings. The van der Waals surface area contributed by atoms with E-state index in [1.165, 1.54) is 32.8 Å². The molecule has 0 aliphatic carbocycles. The van der Waals surface area contributed by atoms with Gasteiger partial charge >= 0.3 is 6.09 Å². The maximum absolute atomic E-state index is 11.0. The highest BCUT2D eigenvalue weighted by Gasteiger charge is 2.20. The zero-order valence-electron chi connectivity index (χ0n) is 17.8. The van der Waals surface area contributed by atoms with Gasteiger partial charge in [0.25, 0.3) is 0 Å². The lowest BCUT2D eigenvalue weighted by Gasteiger charge is -2.33. The van der Waals surface area contributed by atoms with Gasteiger partial charge in [-0.2, -0.15) is 0 Å². The summed E-state index contributed by atoms with van der Waals surface area (Å²) in [6.45, 7) is 11.2. The summed E-state index contributed by atoms with van der Waals surface area (Å²) in [4.78, 5) is 14.8. The molecule has 0 spiro atoms. The van der Waals surface area contributed by atoms with Gasteiger partial charge in [0.2, 0.25) is 0 Å². The minimum Gasteiger partial charge on any atom is -0.465 e. The fourth-order valence-corrected chi connectivity index (χ4v) is 3.75. The minimum absolute atomic E-state index is 0.558. The van der Waals surface area contributed by atoms with Crippen molar-refractivity contribution in [1.82, 2.24) is 9.80 Å². The summed E-state index contributed by atoms with van der Waals surface area (Å²) in [7, 11) is 0. The fourth-order valence-electron chi connectivity index (χ4n) is 3.75. The normalized spacial score (nSPS) is 15.0. The van der Waals surface area contributed by atoms with E-state index < -0.39 is 6.09 Å². The molecule has 1 heterocycles. The molecule has 156 valence electrons. The zero-order chi connectivity index (χ0) is 20.8. The Morgan fingerprint density at radius 2 is 1.69 bits per heavy atom. The first-order valence-corrected chi connectivity index (χ1v) is 10.5. The summed E-state index contributed by atoms with van der Waals surface area (Å²) in [5.74, 6) is 0.558. The highest BCUT2D eigenvalue weighted by molar-refractivity contribution is 5.65. The van der Waals surface area contributed by atoms with E-state index in [0.29, 0.717) is 19.0 Å². The van der Waals surface area contributed by atoms with Crippen LogP contribution >= 0.6 is 0 Å². The predicted octanol–water partition coefficient (Wildman–Crippen LogP) is 4.57. The summed E-state index contributed by atoms with van der Waals surface area (Å²) >= 11 is 0. The molecule has 0 unspecified atom stereocenters. The van der Waals surface area contributed by atoms with Crippen LogP contribution in [-0.2, 0) is 13.0 Å². The molecule has 5 nitrogen and oxygen atoms in total. The number of hydrogen-bond acceptors (Lipinski definition) is 3. The molecule has 1 aliphatic heterocycles. The summed E-state index contributed by atoms with van der Waals surface area (Å²) < 4.78 is 0. The van der Waals surface area contributed by atoms with E-state index >= 15 is 0 Å². The highest BCUT2D eigenvalue weighted by atomic mass is 16.4. The van der Waals surface area contributed by atoms with Crippen molar-refractivity contribution in [2.75, 3.05) is 38.0 Å². The van der Waals surface area contributed by atoms with Crippen molar-refractivity contribution in [3.63, 3.8) is 0 Å². The average Bonchev–Trinajstić information content (AvgIpc) is 2.70. The number of hydrogen-bond donors (Lipinski definition) is 2. The van der Waals surface area contributed by atoms with Crippen molar-refractivity contribution in [3.8, 4) is 0 Å². The van der Waals surface area contributed by atoms with Crippen LogP contribution in [0.2, 0.25) is 0 Å². The average molecular weight is 396 g/mol. The van der Waals surface area contributed by atoms with Gasteiger partial charge in [0.05, 0.1) is 0 Å². The number of piperazine rings is 1. The Hall–Kier alpha value is -2.53. The molecule has 1 fully saturated rings. The Labute approximate surface area is 174 Å². The number of benzene rings is 2. The van der Waals surface area contributed by atoms with Crippen LogP contribution in [0, 0.1) is 6.92 Å². The lowest BCUT2D eigenvalue weighted by atomic mass is 10.0. The smallest absolute Gasteiger partial charge is 0.407 e. The highest BCUT2D eigenvalue weighted by Crippen LogP contribution is 2.21. The molecule has 1 saturated heterocycles. The maximum Gasteiger partial charge on any atom is 0.407 e. The lowest BCUT2D eigenvalue weighted by molar-refractivity contribution is 0.103. The first-order chi connectivity index (χ1) is 13.9. The predicted molar refractivity (Wildman–Crippen MR) is 119 cm³/mol. The van der Waals surface area contributed by atoms with Crippen LogP contribution in [0.5, 0.6) is 0 Å². The Kier molecular flexibility index (Phi) is 7.15. The molecule has 1 aliphatic rings. The molecule has 3 rings (SSSR count). The van der Waals surface area contributed by atoms with Gasteiger partial charge in [0, 0.05) is 45.0 Å². The van der Waals surface area contributed by atoms with E-state index in [1.54, 1.807) is 0 Å². The molecule has 0 radical (unpaired) electrons. The third-order valence-electron chi connectivity index (χ3n) is 5.72. The molecular weight excluding hydrogens is 362 g/mol. The van der Waals surface area contributed by atoms with Crippen molar-refractivity contribution in [1.29, 1.82) is 0 Å². The van der Waals surface area contributed by atoms with Gasteiger partial charge in [-0.3, -0.25) is 4.90 Å². The van der Waals surface area contributed by atoms with Crippen molar-refractivity contribution >= 4 is 11.8 Å². The summed E-state index contributed by atoms with van der Waals surface area (Å²) in [6.07, 6.45) is 0.178. The van der Waals surface area contributed by atoms with Gasteiger partial charge in [0.1, 0.15) is 0 Å². The number of amides is 1. The number of carboxylic acid groups (broad SMARTS) is 1. The van der Waals surface area contributed by atoms with Crippen LogP contribution < -0.4 is 5.32 Å². The van der Waals surface area contributed by atoms with Crippen LogP contribution in [0.25, 0.3) is 0 Å². The second-order valence-electron chi connectivity index (χ2n) is 8.27. The first-order valence-electron chi connectivity index (χ1n) is 10.5. The van der Waals surface area contributed by atoms with Gasteiger partial charge in [-0.15, -0.1) is 0 Å². The van der Waals surface area contributed by atoms with Crippen LogP contribution in [0.4, 0.5) is 10.5 Å². The van der Waals surface area contributed by atoms with Crippen molar-refractivity contribution < 1.29 is 9.90 Å². The number of nitrogens with one attached hydrogen (secondary N) is 1. The number of anilines is 1. The first kappa shape index (κ1) is 21.2. The molecule has 1 amide bonds. The number of rotatable bonds is 7. The van der Waals surface area contributed by atoms with Crippen LogP contribution in [-0.4, -0.2) is 53.7 Å². The largest absolute Gasteiger partial charge is 0.465 e. The lowest BCUT2D eigenvalue weighted by Crippen LogP contribution is -2.47. The van der Waals surface area contributed by atoms with Gasteiger partial charge in [0.15, 0.2) is 0 Å². The van der Waals surface area contributed by atoms with Crippen molar-refractivity contribution in [3.05, 3.63) is 64.7 Å². The maximum atomic E-state index is 11.0. The Bertz CT molecular complexity index is 809. The third kappa shape index (κ3) is 5.97. The van der Waals surface area contributed by atoms with Crippen LogP contribution in [0.15, 0.2) is 42.5 Å². The van der Waals surface area contributed by atoms with Crippen LogP contribution in [0.3, 0.4) is 0 Å².